The van der Waals surface area contributed by atoms with E-state index in [1.165, 1.54) is 12.5 Å². The van der Waals surface area contributed by atoms with Crippen molar-refractivity contribution < 1.29 is 4.79 Å². The zero-order valence-corrected chi connectivity index (χ0v) is 10.6. The van der Waals surface area contributed by atoms with Crippen LogP contribution in [0.1, 0.15) is 10.4 Å². The van der Waals surface area contributed by atoms with Crippen LogP contribution in [0.2, 0.25) is 0 Å². The number of halogens is 1. The summed E-state index contributed by atoms with van der Waals surface area (Å²) in [5, 5.41) is 0. The molecule has 6 heteroatoms. The number of benzene rings is 1. The second-order valence-electron chi connectivity index (χ2n) is 3.88. The lowest BCUT2D eigenvalue weighted by atomic mass is 10.1. The van der Waals surface area contributed by atoms with Crippen LogP contribution in [0.5, 0.6) is 0 Å². The molecule has 0 unspecified atom stereocenters. The van der Waals surface area contributed by atoms with Crippen molar-refractivity contribution in [3.05, 3.63) is 48.4 Å². The lowest BCUT2D eigenvalue weighted by Crippen LogP contribution is -2.12. The fourth-order valence-corrected chi connectivity index (χ4v) is 1.93. The third-order valence-corrected chi connectivity index (χ3v) is 2.77. The van der Waals surface area contributed by atoms with Gasteiger partial charge in [-0.15, -0.1) is 12.4 Å². The van der Waals surface area contributed by atoms with Gasteiger partial charge in [-0.05, 0) is 0 Å². The van der Waals surface area contributed by atoms with Gasteiger partial charge in [-0.25, -0.2) is 4.98 Å². The van der Waals surface area contributed by atoms with Gasteiger partial charge in [0.2, 0.25) is 0 Å². The predicted octanol–water partition coefficient (Wildman–Crippen LogP) is 2.15. The van der Waals surface area contributed by atoms with Crippen molar-refractivity contribution in [1.82, 2.24) is 15.0 Å². The molecule has 3 rings (SSSR count). The SMILES string of the molecule is Cl.NC(=O)c1cnc(-c2ccccc2)c2[nH]cnc12. The first-order valence-corrected chi connectivity index (χ1v) is 5.44. The Kier molecular flexibility index (Phi) is 3.48. The first-order chi connectivity index (χ1) is 8.77. The zero-order valence-electron chi connectivity index (χ0n) is 9.83. The van der Waals surface area contributed by atoms with Gasteiger partial charge in [-0.2, -0.15) is 0 Å². The van der Waals surface area contributed by atoms with Crippen molar-refractivity contribution >= 4 is 29.3 Å². The number of nitrogens with two attached hydrogens (primary N) is 1. The highest BCUT2D eigenvalue weighted by molar-refractivity contribution is 6.06. The van der Waals surface area contributed by atoms with Crippen LogP contribution in [0.25, 0.3) is 22.3 Å². The van der Waals surface area contributed by atoms with E-state index in [0.29, 0.717) is 11.1 Å². The van der Waals surface area contributed by atoms with Gasteiger partial charge >= 0.3 is 0 Å². The van der Waals surface area contributed by atoms with Gasteiger partial charge in [0.15, 0.2) is 0 Å². The number of aromatic amines is 1. The molecule has 2 heterocycles. The molecule has 1 amide bonds. The number of nitrogens with one attached hydrogen (secondary N) is 1. The minimum atomic E-state index is -0.529. The summed E-state index contributed by atoms with van der Waals surface area (Å²) in [5.41, 5.74) is 8.61. The van der Waals surface area contributed by atoms with Crippen molar-refractivity contribution in [3.8, 4) is 11.3 Å². The summed E-state index contributed by atoms with van der Waals surface area (Å²) < 4.78 is 0. The van der Waals surface area contributed by atoms with Gasteiger partial charge in [-0.1, -0.05) is 30.3 Å². The van der Waals surface area contributed by atoms with Crippen molar-refractivity contribution in [1.29, 1.82) is 0 Å². The number of carbonyl (C=O) groups is 1. The van der Waals surface area contributed by atoms with Crippen molar-refractivity contribution in [3.63, 3.8) is 0 Å². The van der Waals surface area contributed by atoms with Crippen molar-refractivity contribution in [2.75, 3.05) is 0 Å². The minimum Gasteiger partial charge on any atom is -0.365 e. The van der Waals surface area contributed by atoms with Crippen LogP contribution in [0, 0.1) is 0 Å². The molecule has 0 aliphatic heterocycles. The number of primary amides is 1. The van der Waals surface area contributed by atoms with Gasteiger partial charge in [0.05, 0.1) is 23.1 Å². The monoisotopic (exact) mass is 274 g/mol. The van der Waals surface area contributed by atoms with E-state index in [0.717, 1.165) is 16.8 Å². The summed E-state index contributed by atoms with van der Waals surface area (Å²) in [6.07, 6.45) is 3.00. The second-order valence-corrected chi connectivity index (χ2v) is 3.88. The summed E-state index contributed by atoms with van der Waals surface area (Å²) in [5.74, 6) is -0.529. The molecule has 3 N–H and O–H groups in total. The normalized spacial score (nSPS) is 10.1. The van der Waals surface area contributed by atoms with Gasteiger partial charge < -0.3 is 10.7 Å². The van der Waals surface area contributed by atoms with Gasteiger partial charge in [0, 0.05) is 11.8 Å². The fraction of sp³-hybridized carbons (Fsp3) is 0. The molecule has 3 aromatic rings. The van der Waals surface area contributed by atoms with E-state index < -0.39 is 5.91 Å². The maximum absolute atomic E-state index is 11.3. The molecule has 5 nitrogen and oxygen atoms in total. The largest absolute Gasteiger partial charge is 0.365 e. The molecule has 0 radical (unpaired) electrons. The van der Waals surface area contributed by atoms with Crippen LogP contribution in [0.4, 0.5) is 0 Å². The molecule has 2 aromatic heterocycles. The Hall–Kier alpha value is -2.40. The molecule has 0 bridgehead atoms. The van der Waals surface area contributed by atoms with Crippen molar-refractivity contribution in [2.24, 2.45) is 5.73 Å². The second kappa shape index (κ2) is 5.07. The molecule has 0 aliphatic rings. The Morgan fingerprint density at radius 3 is 2.58 bits per heavy atom. The van der Waals surface area contributed by atoms with E-state index in [4.69, 9.17) is 5.73 Å². The Bertz CT molecular complexity index is 724. The number of carbonyl (C=O) groups excluding carboxylic acids is 1. The number of H-pyrrole nitrogens is 1. The highest BCUT2D eigenvalue weighted by atomic mass is 35.5. The fourth-order valence-electron chi connectivity index (χ4n) is 1.93. The Labute approximate surface area is 115 Å². The number of rotatable bonds is 2. The number of fused-ring (bicyclic) bond motifs is 1. The van der Waals surface area contributed by atoms with Gasteiger partial charge in [-0.3, -0.25) is 9.78 Å². The summed E-state index contributed by atoms with van der Waals surface area (Å²) >= 11 is 0. The maximum atomic E-state index is 11.3. The van der Waals surface area contributed by atoms with Crippen LogP contribution in [-0.2, 0) is 0 Å². The molecular weight excluding hydrogens is 264 g/mol. The van der Waals surface area contributed by atoms with E-state index >= 15 is 0 Å². The standard InChI is InChI=1S/C13H10N4O.ClH/c14-13(18)9-6-15-10(8-4-2-1-3-5-8)12-11(9)16-7-17-12;/h1-7H,(H2,14,18)(H,16,17);1H. The number of pyridine rings is 1. The topological polar surface area (TPSA) is 84.7 Å². The number of imidazole rings is 1. The van der Waals surface area contributed by atoms with Crippen LogP contribution >= 0.6 is 12.4 Å². The number of nitrogens with zero attached hydrogens (tertiary/aromatic N) is 2. The number of hydrogen-bond donors (Lipinski definition) is 2. The summed E-state index contributed by atoms with van der Waals surface area (Å²) in [6.45, 7) is 0. The average molecular weight is 275 g/mol. The third-order valence-electron chi connectivity index (χ3n) is 2.77. The molecule has 0 fully saturated rings. The average Bonchev–Trinajstić information content (AvgIpc) is 2.87. The van der Waals surface area contributed by atoms with Crippen LogP contribution < -0.4 is 5.73 Å². The smallest absolute Gasteiger partial charge is 0.252 e. The van der Waals surface area contributed by atoms with Crippen LogP contribution in [-0.4, -0.2) is 20.9 Å². The quantitative estimate of drug-likeness (QED) is 0.751. The molecule has 0 aliphatic carbocycles. The minimum absolute atomic E-state index is 0. The first-order valence-electron chi connectivity index (χ1n) is 5.44. The number of amides is 1. The van der Waals surface area contributed by atoms with E-state index in [1.807, 2.05) is 30.3 Å². The molecular formula is C13H11ClN4O. The Morgan fingerprint density at radius 1 is 1.16 bits per heavy atom. The number of aromatic nitrogens is 3. The molecule has 19 heavy (non-hydrogen) atoms. The predicted molar refractivity (Wildman–Crippen MR) is 75.1 cm³/mol. The van der Waals surface area contributed by atoms with Crippen molar-refractivity contribution in [2.45, 2.75) is 0 Å². The van der Waals surface area contributed by atoms with Gasteiger partial charge in [0.25, 0.3) is 5.91 Å². The molecule has 0 saturated heterocycles. The zero-order chi connectivity index (χ0) is 12.5. The molecule has 0 saturated carbocycles. The summed E-state index contributed by atoms with van der Waals surface area (Å²) in [7, 11) is 0. The van der Waals surface area contributed by atoms with Crippen LogP contribution in [0.3, 0.4) is 0 Å². The molecule has 0 spiro atoms. The van der Waals surface area contributed by atoms with E-state index in [9.17, 15) is 4.79 Å². The third kappa shape index (κ3) is 2.15. The Balaban J connectivity index is 0.00000133. The molecule has 1 aromatic carbocycles. The van der Waals surface area contributed by atoms with Crippen LogP contribution in [0.15, 0.2) is 42.9 Å². The number of hydrogen-bond acceptors (Lipinski definition) is 3. The maximum Gasteiger partial charge on any atom is 0.252 e. The highest BCUT2D eigenvalue weighted by Gasteiger charge is 2.14. The molecule has 96 valence electrons. The Morgan fingerprint density at radius 2 is 1.89 bits per heavy atom. The van der Waals surface area contributed by atoms with E-state index in [1.54, 1.807) is 0 Å². The lowest BCUT2D eigenvalue weighted by molar-refractivity contribution is 0.100. The summed E-state index contributed by atoms with van der Waals surface area (Å²) in [4.78, 5) is 22.7. The van der Waals surface area contributed by atoms with E-state index in [-0.39, 0.29) is 12.4 Å². The highest BCUT2D eigenvalue weighted by Crippen LogP contribution is 2.25. The van der Waals surface area contributed by atoms with Gasteiger partial charge in [0.1, 0.15) is 5.52 Å². The molecule has 0 atom stereocenters. The summed E-state index contributed by atoms with van der Waals surface area (Å²) in [6, 6.07) is 9.70. The lowest BCUT2D eigenvalue weighted by Gasteiger charge is -2.04. The van der Waals surface area contributed by atoms with E-state index in [2.05, 4.69) is 15.0 Å². The first kappa shape index (κ1) is 13.0.